The number of thioether (sulfide) groups is 1. The van der Waals surface area contributed by atoms with Crippen LogP contribution in [-0.4, -0.2) is 34.4 Å². The number of carbonyl (C=O) groups excluding carboxylic acids is 1. The molecule has 2 aromatic rings. The van der Waals surface area contributed by atoms with Gasteiger partial charge in [-0.15, -0.1) is 11.8 Å². The lowest BCUT2D eigenvalue weighted by Crippen LogP contribution is -2.32. The number of H-pyrrole nitrogens is 1. The molecule has 0 radical (unpaired) electrons. The second-order valence-corrected chi connectivity index (χ2v) is 5.81. The summed E-state index contributed by atoms with van der Waals surface area (Å²) in [4.78, 5) is 16.1. The second-order valence-electron chi connectivity index (χ2n) is 4.43. The molecule has 0 aliphatic heterocycles. The van der Waals surface area contributed by atoms with Crippen molar-refractivity contribution in [3.8, 4) is 0 Å². The molecule has 0 fully saturated rings. The van der Waals surface area contributed by atoms with Crippen LogP contribution >= 0.6 is 11.8 Å². The van der Waals surface area contributed by atoms with Crippen molar-refractivity contribution in [2.75, 3.05) is 13.2 Å². The van der Waals surface area contributed by atoms with Crippen molar-refractivity contribution in [2.45, 2.75) is 24.0 Å². The lowest BCUT2D eigenvalue weighted by molar-refractivity contribution is -0.120. The third-order valence-corrected chi connectivity index (χ3v) is 4.11. The van der Waals surface area contributed by atoms with Gasteiger partial charge in [0, 0.05) is 28.5 Å². The Kier molecular flexibility index (Phi) is 4.50. The maximum absolute atomic E-state index is 11.8. The molecule has 0 bridgehead atoms. The third kappa shape index (κ3) is 3.11. The first kappa shape index (κ1) is 14.0. The van der Waals surface area contributed by atoms with Gasteiger partial charge < -0.3 is 15.4 Å². The maximum Gasteiger partial charge on any atom is 0.233 e. The van der Waals surface area contributed by atoms with E-state index in [1.54, 1.807) is 0 Å². The SMILES string of the molecule is Cc1cccc2[nH]cc(SC(C)C(=O)NCCO)c12. The smallest absolute Gasteiger partial charge is 0.233 e. The molecule has 5 heteroatoms. The number of aryl methyl sites for hydroxylation is 1. The molecule has 3 N–H and O–H groups in total. The van der Waals surface area contributed by atoms with Crippen LogP contribution in [0.2, 0.25) is 0 Å². The van der Waals surface area contributed by atoms with Gasteiger partial charge in [-0.1, -0.05) is 12.1 Å². The summed E-state index contributed by atoms with van der Waals surface area (Å²) in [5, 5.41) is 12.4. The molecule has 0 aliphatic carbocycles. The number of fused-ring (bicyclic) bond motifs is 1. The Hall–Kier alpha value is -1.46. The topological polar surface area (TPSA) is 65.1 Å². The van der Waals surface area contributed by atoms with Crippen LogP contribution in [0.25, 0.3) is 10.9 Å². The van der Waals surface area contributed by atoms with Crippen LogP contribution in [0.3, 0.4) is 0 Å². The molecule has 1 amide bonds. The molecule has 1 atom stereocenters. The monoisotopic (exact) mass is 278 g/mol. The first-order chi connectivity index (χ1) is 9.13. The molecule has 1 heterocycles. The molecule has 1 aromatic carbocycles. The van der Waals surface area contributed by atoms with Crippen molar-refractivity contribution in [1.29, 1.82) is 0 Å². The number of aliphatic hydroxyl groups excluding tert-OH is 1. The number of carbonyl (C=O) groups is 1. The Morgan fingerprint density at radius 3 is 3.05 bits per heavy atom. The molecule has 2 rings (SSSR count). The highest BCUT2D eigenvalue weighted by Gasteiger charge is 2.16. The summed E-state index contributed by atoms with van der Waals surface area (Å²) in [6.45, 7) is 4.21. The quantitative estimate of drug-likeness (QED) is 0.734. The molecule has 0 saturated heterocycles. The van der Waals surface area contributed by atoms with E-state index in [1.165, 1.54) is 22.7 Å². The van der Waals surface area contributed by atoms with E-state index in [0.717, 1.165) is 10.4 Å². The van der Waals surface area contributed by atoms with E-state index in [-0.39, 0.29) is 17.8 Å². The molecule has 0 saturated carbocycles. The molecule has 0 aliphatic rings. The summed E-state index contributed by atoms with van der Waals surface area (Å²) in [6, 6.07) is 6.11. The van der Waals surface area contributed by atoms with Crippen LogP contribution in [0.5, 0.6) is 0 Å². The van der Waals surface area contributed by atoms with Crippen molar-refractivity contribution < 1.29 is 9.90 Å². The van der Waals surface area contributed by atoms with Crippen LogP contribution in [0.15, 0.2) is 29.3 Å². The fourth-order valence-electron chi connectivity index (χ4n) is 1.99. The standard InChI is InChI=1S/C14H18N2O2S/c1-9-4-3-5-11-13(9)12(8-16-11)19-10(2)14(18)15-6-7-17/h3-5,8,10,16-17H,6-7H2,1-2H3,(H,15,18). The summed E-state index contributed by atoms with van der Waals surface area (Å²) in [5.74, 6) is -0.0537. The highest BCUT2D eigenvalue weighted by Crippen LogP contribution is 2.32. The Morgan fingerprint density at radius 2 is 2.32 bits per heavy atom. The first-order valence-electron chi connectivity index (χ1n) is 6.25. The fraction of sp³-hybridized carbons (Fsp3) is 0.357. The van der Waals surface area contributed by atoms with Crippen molar-refractivity contribution in [2.24, 2.45) is 0 Å². The van der Waals surface area contributed by atoms with Gasteiger partial charge in [-0.25, -0.2) is 0 Å². The molecule has 0 spiro atoms. The van der Waals surface area contributed by atoms with Crippen molar-refractivity contribution in [1.82, 2.24) is 10.3 Å². The second kappa shape index (κ2) is 6.12. The van der Waals surface area contributed by atoms with E-state index in [0.29, 0.717) is 6.54 Å². The predicted molar refractivity (Wildman–Crippen MR) is 78.5 cm³/mol. The van der Waals surface area contributed by atoms with Gasteiger partial charge in [0.1, 0.15) is 0 Å². The van der Waals surface area contributed by atoms with Gasteiger partial charge in [0.15, 0.2) is 0 Å². The van der Waals surface area contributed by atoms with E-state index >= 15 is 0 Å². The summed E-state index contributed by atoms with van der Waals surface area (Å²) in [6.07, 6.45) is 1.94. The zero-order valence-electron chi connectivity index (χ0n) is 11.1. The Labute approximate surface area is 116 Å². The van der Waals surface area contributed by atoms with Gasteiger partial charge in [-0.2, -0.15) is 0 Å². The Morgan fingerprint density at radius 1 is 1.53 bits per heavy atom. The summed E-state index contributed by atoms with van der Waals surface area (Å²) < 4.78 is 0. The summed E-state index contributed by atoms with van der Waals surface area (Å²) in [5.41, 5.74) is 2.29. The average Bonchev–Trinajstić information content (AvgIpc) is 2.80. The molecule has 1 aromatic heterocycles. The minimum atomic E-state index is -0.190. The number of amides is 1. The van der Waals surface area contributed by atoms with Gasteiger partial charge in [-0.3, -0.25) is 4.79 Å². The van der Waals surface area contributed by atoms with E-state index in [1.807, 2.05) is 25.3 Å². The lowest BCUT2D eigenvalue weighted by atomic mass is 10.1. The van der Waals surface area contributed by atoms with Crippen LogP contribution in [0.1, 0.15) is 12.5 Å². The van der Waals surface area contributed by atoms with Gasteiger partial charge in [0.2, 0.25) is 5.91 Å². The predicted octanol–water partition coefficient (Wildman–Crippen LogP) is 2.07. The van der Waals surface area contributed by atoms with Crippen molar-refractivity contribution in [3.05, 3.63) is 30.0 Å². The number of aliphatic hydroxyl groups is 1. The van der Waals surface area contributed by atoms with Gasteiger partial charge in [0.05, 0.1) is 11.9 Å². The fourth-order valence-corrected chi connectivity index (χ4v) is 3.08. The number of rotatable bonds is 5. The molecular formula is C14H18N2O2S. The lowest BCUT2D eigenvalue weighted by Gasteiger charge is -2.11. The third-order valence-electron chi connectivity index (χ3n) is 2.96. The zero-order chi connectivity index (χ0) is 13.8. The number of aromatic nitrogens is 1. The largest absolute Gasteiger partial charge is 0.395 e. The number of hydrogen-bond acceptors (Lipinski definition) is 3. The highest BCUT2D eigenvalue weighted by molar-refractivity contribution is 8.00. The van der Waals surface area contributed by atoms with E-state index < -0.39 is 0 Å². The molecule has 19 heavy (non-hydrogen) atoms. The van der Waals surface area contributed by atoms with E-state index in [4.69, 9.17) is 5.11 Å². The van der Waals surface area contributed by atoms with Gasteiger partial charge in [0.25, 0.3) is 0 Å². The first-order valence-corrected chi connectivity index (χ1v) is 7.13. The highest BCUT2D eigenvalue weighted by atomic mass is 32.2. The van der Waals surface area contributed by atoms with Crippen LogP contribution in [0, 0.1) is 6.92 Å². The van der Waals surface area contributed by atoms with Crippen LogP contribution < -0.4 is 5.32 Å². The zero-order valence-corrected chi connectivity index (χ0v) is 11.9. The minimum Gasteiger partial charge on any atom is -0.395 e. The average molecular weight is 278 g/mol. The number of nitrogens with one attached hydrogen (secondary N) is 2. The van der Waals surface area contributed by atoms with E-state index in [9.17, 15) is 4.79 Å². The van der Waals surface area contributed by atoms with E-state index in [2.05, 4.69) is 23.3 Å². The molecule has 102 valence electrons. The summed E-state index contributed by atoms with van der Waals surface area (Å²) in [7, 11) is 0. The van der Waals surface area contributed by atoms with Crippen molar-refractivity contribution in [3.63, 3.8) is 0 Å². The normalized spacial score (nSPS) is 12.6. The molecule has 4 nitrogen and oxygen atoms in total. The Balaban J connectivity index is 2.15. The van der Waals surface area contributed by atoms with Crippen LogP contribution in [0.4, 0.5) is 0 Å². The van der Waals surface area contributed by atoms with Gasteiger partial charge >= 0.3 is 0 Å². The molecule has 1 unspecified atom stereocenters. The minimum absolute atomic E-state index is 0.0324. The molecular weight excluding hydrogens is 260 g/mol. The Bertz CT molecular complexity index is 580. The number of aromatic amines is 1. The van der Waals surface area contributed by atoms with Gasteiger partial charge in [-0.05, 0) is 25.5 Å². The summed E-state index contributed by atoms with van der Waals surface area (Å²) >= 11 is 1.53. The van der Waals surface area contributed by atoms with Crippen LogP contribution in [-0.2, 0) is 4.79 Å². The maximum atomic E-state index is 11.8. The number of benzene rings is 1. The number of hydrogen-bond donors (Lipinski definition) is 3. The van der Waals surface area contributed by atoms with Crippen molar-refractivity contribution >= 4 is 28.6 Å².